The van der Waals surface area contributed by atoms with Crippen LogP contribution in [-0.4, -0.2) is 56.7 Å². The van der Waals surface area contributed by atoms with E-state index in [0.29, 0.717) is 31.3 Å². The summed E-state index contributed by atoms with van der Waals surface area (Å²) in [5, 5.41) is 2.62. The summed E-state index contributed by atoms with van der Waals surface area (Å²) in [6.45, 7) is 3.60. The minimum Gasteiger partial charge on any atom is -0.378 e. The summed E-state index contributed by atoms with van der Waals surface area (Å²) in [5.41, 5.74) is 7.71. The summed E-state index contributed by atoms with van der Waals surface area (Å²) in [6, 6.07) is 7.56. The van der Waals surface area contributed by atoms with Gasteiger partial charge in [-0.15, -0.1) is 0 Å². The van der Waals surface area contributed by atoms with Crippen molar-refractivity contribution in [2.45, 2.75) is 6.42 Å². The highest BCUT2D eigenvalue weighted by molar-refractivity contribution is 5.94. The van der Waals surface area contributed by atoms with Crippen molar-refractivity contribution in [3.63, 3.8) is 0 Å². The zero-order valence-electron chi connectivity index (χ0n) is 12.3. The first-order valence-electron chi connectivity index (χ1n) is 7.14. The molecule has 0 radical (unpaired) electrons. The summed E-state index contributed by atoms with van der Waals surface area (Å²) in [7, 11) is 1.63. The van der Waals surface area contributed by atoms with Crippen LogP contribution in [0.3, 0.4) is 0 Å². The number of hydrogen-bond donors (Lipinski definition) is 2. The molecule has 1 aliphatic heterocycles. The maximum Gasteiger partial charge on any atom is 0.251 e. The van der Waals surface area contributed by atoms with Gasteiger partial charge in [0.15, 0.2) is 5.96 Å². The van der Waals surface area contributed by atoms with E-state index in [1.807, 2.05) is 23.1 Å². The normalized spacial score (nSPS) is 15.9. The van der Waals surface area contributed by atoms with E-state index < -0.39 is 0 Å². The smallest absolute Gasteiger partial charge is 0.251 e. The fourth-order valence-electron chi connectivity index (χ4n) is 2.20. The van der Waals surface area contributed by atoms with Gasteiger partial charge in [-0.1, -0.05) is 12.1 Å². The molecule has 1 aromatic rings. The molecule has 1 aliphatic rings. The Morgan fingerprint density at radius 2 is 2.19 bits per heavy atom. The molecule has 0 saturated carbocycles. The molecule has 0 bridgehead atoms. The van der Waals surface area contributed by atoms with Crippen LogP contribution in [0.25, 0.3) is 0 Å². The van der Waals surface area contributed by atoms with Crippen molar-refractivity contribution < 1.29 is 9.53 Å². The molecule has 0 aromatic heterocycles. The Bertz CT molecular complexity index is 510. The predicted molar refractivity (Wildman–Crippen MR) is 82.4 cm³/mol. The quantitative estimate of drug-likeness (QED) is 0.615. The standard InChI is InChI=1S/C15H22N4O2/c1-17-14(20)13-4-2-3-12(11-13)5-6-18-15(16)19-7-9-21-10-8-19/h2-4,11H,5-10H2,1H3,(H2,16,18)(H,17,20). The number of nitrogens with two attached hydrogens (primary N) is 1. The van der Waals surface area contributed by atoms with Crippen LogP contribution in [-0.2, 0) is 11.2 Å². The molecule has 21 heavy (non-hydrogen) atoms. The molecular formula is C15H22N4O2. The van der Waals surface area contributed by atoms with Crippen LogP contribution in [0.1, 0.15) is 15.9 Å². The lowest BCUT2D eigenvalue weighted by Crippen LogP contribution is -2.44. The average molecular weight is 290 g/mol. The molecule has 6 nitrogen and oxygen atoms in total. The number of hydrogen-bond acceptors (Lipinski definition) is 3. The van der Waals surface area contributed by atoms with Gasteiger partial charge in [0.1, 0.15) is 0 Å². The van der Waals surface area contributed by atoms with E-state index in [9.17, 15) is 4.79 Å². The second kappa shape index (κ2) is 7.64. The molecule has 1 saturated heterocycles. The van der Waals surface area contributed by atoms with Crippen LogP contribution in [0.15, 0.2) is 29.3 Å². The van der Waals surface area contributed by atoms with Crippen molar-refractivity contribution >= 4 is 11.9 Å². The molecule has 6 heteroatoms. The molecule has 114 valence electrons. The third kappa shape index (κ3) is 4.46. The van der Waals surface area contributed by atoms with Gasteiger partial charge in [-0.05, 0) is 24.1 Å². The monoisotopic (exact) mass is 290 g/mol. The van der Waals surface area contributed by atoms with E-state index >= 15 is 0 Å². The zero-order chi connectivity index (χ0) is 15.1. The van der Waals surface area contributed by atoms with Crippen molar-refractivity contribution in [1.29, 1.82) is 0 Å². The Hall–Kier alpha value is -2.08. The number of aliphatic imine (C=N–C) groups is 1. The molecule has 1 heterocycles. The van der Waals surface area contributed by atoms with Gasteiger partial charge in [0.05, 0.1) is 13.2 Å². The van der Waals surface area contributed by atoms with E-state index in [1.165, 1.54) is 0 Å². The van der Waals surface area contributed by atoms with Gasteiger partial charge in [-0.2, -0.15) is 0 Å². The van der Waals surface area contributed by atoms with Crippen LogP contribution >= 0.6 is 0 Å². The van der Waals surface area contributed by atoms with Gasteiger partial charge in [0, 0.05) is 32.2 Å². The van der Waals surface area contributed by atoms with Crippen LogP contribution < -0.4 is 11.1 Å². The Morgan fingerprint density at radius 1 is 1.43 bits per heavy atom. The molecular weight excluding hydrogens is 268 g/mol. The number of benzene rings is 1. The fourth-order valence-corrected chi connectivity index (χ4v) is 2.20. The van der Waals surface area contributed by atoms with Gasteiger partial charge >= 0.3 is 0 Å². The summed E-state index contributed by atoms with van der Waals surface area (Å²) in [6.07, 6.45) is 0.760. The van der Waals surface area contributed by atoms with Crippen molar-refractivity contribution in [2.24, 2.45) is 10.7 Å². The maximum atomic E-state index is 11.6. The van der Waals surface area contributed by atoms with Gasteiger partial charge in [0.25, 0.3) is 5.91 Å². The SMILES string of the molecule is CNC(=O)c1cccc(CCN=C(N)N2CCOCC2)c1. The van der Waals surface area contributed by atoms with Gasteiger partial charge < -0.3 is 20.7 Å². The second-order valence-electron chi connectivity index (χ2n) is 4.87. The van der Waals surface area contributed by atoms with Crippen molar-refractivity contribution in [2.75, 3.05) is 39.9 Å². The predicted octanol–water partition coefficient (Wildman–Crippen LogP) is 0.236. The third-order valence-electron chi connectivity index (χ3n) is 3.43. The van der Waals surface area contributed by atoms with Crippen molar-refractivity contribution in [1.82, 2.24) is 10.2 Å². The number of carbonyl (C=O) groups is 1. The van der Waals surface area contributed by atoms with Gasteiger partial charge in [-0.25, -0.2) is 0 Å². The maximum absolute atomic E-state index is 11.6. The highest BCUT2D eigenvalue weighted by atomic mass is 16.5. The van der Waals surface area contributed by atoms with E-state index in [-0.39, 0.29) is 5.91 Å². The van der Waals surface area contributed by atoms with E-state index in [0.717, 1.165) is 25.1 Å². The molecule has 0 atom stereocenters. The first-order chi connectivity index (χ1) is 10.2. The number of ether oxygens (including phenoxy) is 1. The largest absolute Gasteiger partial charge is 0.378 e. The minimum absolute atomic E-state index is 0.0758. The van der Waals surface area contributed by atoms with Crippen molar-refractivity contribution in [3.8, 4) is 0 Å². The molecule has 0 aliphatic carbocycles. The summed E-state index contributed by atoms with van der Waals surface area (Å²) >= 11 is 0. The third-order valence-corrected chi connectivity index (χ3v) is 3.43. The Morgan fingerprint density at radius 3 is 2.90 bits per heavy atom. The fraction of sp³-hybridized carbons (Fsp3) is 0.467. The van der Waals surface area contributed by atoms with Gasteiger partial charge in [-0.3, -0.25) is 9.79 Å². The summed E-state index contributed by atoms with van der Waals surface area (Å²) in [5.74, 6) is 0.494. The lowest BCUT2D eigenvalue weighted by atomic mass is 10.1. The molecule has 2 rings (SSSR count). The number of nitrogens with zero attached hydrogens (tertiary/aromatic N) is 2. The van der Waals surface area contributed by atoms with Crippen LogP contribution in [0.4, 0.5) is 0 Å². The number of guanidine groups is 1. The van der Waals surface area contributed by atoms with Crippen molar-refractivity contribution in [3.05, 3.63) is 35.4 Å². The number of morpholine rings is 1. The lowest BCUT2D eigenvalue weighted by Gasteiger charge is -2.27. The highest BCUT2D eigenvalue weighted by Crippen LogP contribution is 2.06. The molecule has 0 unspecified atom stereocenters. The first-order valence-corrected chi connectivity index (χ1v) is 7.14. The number of carbonyl (C=O) groups excluding carboxylic acids is 1. The topological polar surface area (TPSA) is 80.0 Å². The summed E-state index contributed by atoms with van der Waals surface area (Å²) in [4.78, 5) is 18.0. The zero-order valence-corrected chi connectivity index (χ0v) is 12.3. The number of amides is 1. The van der Waals surface area contributed by atoms with Crippen LogP contribution in [0.5, 0.6) is 0 Å². The number of rotatable bonds is 4. The minimum atomic E-state index is -0.0758. The van der Waals surface area contributed by atoms with E-state index in [4.69, 9.17) is 10.5 Å². The second-order valence-corrected chi connectivity index (χ2v) is 4.87. The Balaban J connectivity index is 1.89. The molecule has 1 aromatic carbocycles. The first kappa shape index (κ1) is 15.3. The molecule has 1 amide bonds. The lowest BCUT2D eigenvalue weighted by molar-refractivity contribution is 0.0674. The summed E-state index contributed by atoms with van der Waals surface area (Å²) < 4.78 is 5.28. The van der Waals surface area contributed by atoms with Crippen LogP contribution in [0.2, 0.25) is 0 Å². The number of nitrogens with one attached hydrogen (secondary N) is 1. The van der Waals surface area contributed by atoms with Crippen LogP contribution in [0, 0.1) is 0 Å². The molecule has 3 N–H and O–H groups in total. The highest BCUT2D eigenvalue weighted by Gasteiger charge is 2.11. The molecule has 0 spiro atoms. The van der Waals surface area contributed by atoms with Gasteiger partial charge in [0.2, 0.25) is 0 Å². The average Bonchev–Trinajstić information content (AvgIpc) is 2.55. The van der Waals surface area contributed by atoms with E-state index in [1.54, 1.807) is 13.1 Å². The molecule has 1 fully saturated rings. The Kier molecular flexibility index (Phi) is 5.57. The van der Waals surface area contributed by atoms with E-state index in [2.05, 4.69) is 10.3 Å². The Labute approximate surface area is 125 Å².